The molecule has 0 aliphatic carbocycles. The average Bonchev–Trinajstić information content (AvgIpc) is 2.34. The molecule has 0 saturated carbocycles. The second kappa shape index (κ2) is 7.54. The molecule has 0 aliphatic rings. The van der Waals surface area contributed by atoms with Gasteiger partial charge in [-0.1, -0.05) is 46.2 Å². The van der Waals surface area contributed by atoms with Gasteiger partial charge in [0, 0.05) is 0 Å². The maximum Gasteiger partial charge on any atom is 0.137 e. The minimum Gasteiger partial charge on any atom is -0.487 e. The van der Waals surface area contributed by atoms with Crippen LogP contribution in [0, 0.1) is 6.92 Å². The zero-order chi connectivity index (χ0) is 14.3. The lowest BCUT2D eigenvalue weighted by Gasteiger charge is -2.20. The number of quaternary nitrogens is 1. The van der Waals surface area contributed by atoms with Crippen LogP contribution in [0.4, 0.5) is 0 Å². The van der Waals surface area contributed by atoms with Crippen molar-refractivity contribution in [1.29, 1.82) is 0 Å². The predicted molar refractivity (Wildman–Crippen MR) is 81.9 cm³/mol. The Morgan fingerprint density at radius 1 is 1.16 bits per heavy atom. The number of hydrogen-bond donors (Lipinski definition) is 1. The smallest absolute Gasteiger partial charge is 0.137 e. The molecule has 19 heavy (non-hydrogen) atoms. The third-order valence-corrected chi connectivity index (χ3v) is 3.38. The van der Waals surface area contributed by atoms with E-state index >= 15 is 0 Å². The molecule has 1 rings (SSSR count). The van der Waals surface area contributed by atoms with E-state index in [2.05, 4.69) is 58.1 Å². The molecule has 1 aromatic carbocycles. The molecule has 2 heteroatoms. The fourth-order valence-electron chi connectivity index (χ4n) is 2.02. The predicted octanol–water partition coefficient (Wildman–Crippen LogP) is 3.03. The van der Waals surface area contributed by atoms with Gasteiger partial charge >= 0.3 is 0 Å². The summed E-state index contributed by atoms with van der Waals surface area (Å²) in [6, 6.07) is 6.54. The number of rotatable bonds is 7. The molecule has 1 aromatic rings. The van der Waals surface area contributed by atoms with Gasteiger partial charge in [-0.3, -0.25) is 0 Å². The van der Waals surface area contributed by atoms with Crippen molar-refractivity contribution in [1.82, 2.24) is 0 Å². The fourth-order valence-corrected chi connectivity index (χ4v) is 2.02. The van der Waals surface area contributed by atoms with Gasteiger partial charge in [-0.05, 0) is 36.0 Å². The summed E-state index contributed by atoms with van der Waals surface area (Å²) in [5.41, 5.74) is 2.81. The van der Waals surface area contributed by atoms with Crippen LogP contribution in [0.25, 0.3) is 0 Å². The molecule has 0 aromatic heterocycles. The van der Waals surface area contributed by atoms with E-state index in [1.54, 1.807) is 0 Å². The Hall–Kier alpha value is -1.02. The zero-order valence-electron chi connectivity index (χ0n) is 13.3. The molecule has 0 unspecified atom stereocenters. The monoisotopic (exact) mass is 264 g/mol. The summed E-state index contributed by atoms with van der Waals surface area (Å²) in [5, 5.41) is 2.34. The van der Waals surface area contributed by atoms with E-state index in [1.807, 2.05) is 0 Å². The van der Waals surface area contributed by atoms with Crippen LogP contribution < -0.4 is 10.1 Å². The molecule has 0 spiro atoms. The first-order valence-corrected chi connectivity index (χ1v) is 7.50. The third-order valence-electron chi connectivity index (χ3n) is 3.38. The summed E-state index contributed by atoms with van der Waals surface area (Å²) >= 11 is 0. The molecule has 0 atom stereocenters. The lowest BCUT2D eigenvalue weighted by atomic mass is 9.86. The summed E-state index contributed by atoms with van der Waals surface area (Å²) in [7, 11) is 0. The lowest BCUT2D eigenvalue weighted by molar-refractivity contribution is -0.655. The lowest BCUT2D eigenvalue weighted by Crippen LogP contribution is -2.85. The molecule has 0 fully saturated rings. The highest BCUT2D eigenvalue weighted by atomic mass is 16.5. The minimum absolute atomic E-state index is 0.206. The summed E-state index contributed by atoms with van der Waals surface area (Å²) < 4.78 is 5.85. The first-order valence-electron chi connectivity index (χ1n) is 7.50. The number of unbranched alkanes of at least 4 members (excludes halogenated alkanes) is 1. The standard InChI is InChI=1S/C17H29NO/c1-6-7-10-18-11-12-19-16-9-8-15(13-14(16)2)17(3,4)5/h8-9,13,18H,6-7,10-12H2,1-5H3/p+1. The normalized spacial score (nSPS) is 11.6. The van der Waals surface area contributed by atoms with Crippen molar-refractivity contribution in [3.8, 4) is 5.75 Å². The Morgan fingerprint density at radius 2 is 1.89 bits per heavy atom. The van der Waals surface area contributed by atoms with Crippen LogP contribution >= 0.6 is 0 Å². The van der Waals surface area contributed by atoms with Crippen molar-refractivity contribution in [3.05, 3.63) is 29.3 Å². The second-order valence-electron chi connectivity index (χ2n) is 6.30. The maximum atomic E-state index is 5.85. The van der Waals surface area contributed by atoms with Crippen LogP contribution in [0.15, 0.2) is 18.2 Å². The van der Waals surface area contributed by atoms with E-state index in [4.69, 9.17) is 4.74 Å². The van der Waals surface area contributed by atoms with Crippen LogP contribution in [0.3, 0.4) is 0 Å². The number of aryl methyl sites for hydroxylation is 1. The van der Waals surface area contributed by atoms with Crippen molar-refractivity contribution < 1.29 is 10.1 Å². The number of hydrogen-bond acceptors (Lipinski definition) is 1. The van der Waals surface area contributed by atoms with Crippen molar-refractivity contribution >= 4 is 0 Å². The molecule has 0 heterocycles. The highest BCUT2D eigenvalue weighted by molar-refractivity contribution is 5.38. The topological polar surface area (TPSA) is 25.8 Å². The summed E-state index contributed by atoms with van der Waals surface area (Å²) in [5.74, 6) is 1.02. The van der Waals surface area contributed by atoms with Crippen molar-refractivity contribution in [2.75, 3.05) is 19.7 Å². The molecule has 0 saturated heterocycles. The summed E-state index contributed by atoms with van der Waals surface area (Å²) in [6.07, 6.45) is 2.56. The number of benzene rings is 1. The Morgan fingerprint density at radius 3 is 2.47 bits per heavy atom. The quantitative estimate of drug-likeness (QED) is 0.753. The Labute approximate surface area is 118 Å². The zero-order valence-corrected chi connectivity index (χ0v) is 13.3. The molecule has 108 valence electrons. The molecule has 2 nitrogen and oxygen atoms in total. The van der Waals surface area contributed by atoms with Crippen LogP contribution in [-0.4, -0.2) is 19.7 Å². The van der Waals surface area contributed by atoms with Gasteiger partial charge in [-0.15, -0.1) is 0 Å². The van der Waals surface area contributed by atoms with Crippen molar-refractivity contribution in [2.24, 2.45) is 0 Å². The van der Waals surface area contributed by atoms with Crippen LogP contribution in [-0.2, 0) is 5.41 Å². The van der Waals surface area contributed by atoms with E-state index in [-0.39, 0.29) is 5.41 Å². The highest BCUT2D eigenvalue weighted by Gasteiger charge is 2.14. The van der Waals surface area contributed by atoms with E-state index in [0.29, 0.717) is 0 Å². The van der Waals surface area contributed by atoms with Crippen molar-refractivity contribution in [3.63, 3.8) is 0 Å². The fraction of sp³-hybridized carbons (Fsp3) is 0.647. The van der Waals surface area contributed by atoms with E-state index in [1.165, 1.54) is 30.5 Å². The highest BCUT2D eigenvalue weighted by Crippen LogP contribution is 2.27. The van der Waals surface area contributed by atoms with Gasteiger partial charge in [0.2, 0.25) is 0 Å². The molecule has 2 N–H and O–H groups in total. The second-order valence-corrected chi connectivity index (χ2v) is 6.30. The Balaban J connectivity index is 2.43. The third kappa shape index (κ3) is 5.65. The Bertz CT molecular complexity index is 379. The summed E-state index contributed by atoms with van der Waals surface area (Å²) in [4.78, 5) is 0. The van der Waals surface area contributed by atoms with Gasteiger partial charge in [-0.25, -0.2) is 0 Å². The van der Waals surface area contributed by atoms with Gasteiger partial charge in [-0.2, -0.15) is 0 Å². The van der Waals surface area contributed by atoms with Crippen LogP contribution in [0.2, 0.25) is 0 Å². The van der Waals surface area contributed by atoms with Gasteiger partial charge in [0.25, 0.3) is 0 Å². The first-order chi connectivity index (χ1) is 8.95. The van der Waals surface area contributed by atoms with Crippen molar-refractivity contribution in [2.45, 2.75) is 52.9 Å². The minimum atomic E-state index is 0.206. The van der Waals surface area contributed by atoms with Crippen LogP contribution in [0.5, 0.6) is 5.75 Å². The molecular weight excluding hydrogens is 234 g/mol. The van der Waals surface area contributed by atoms with Gasteiger partial charge in [0.1, 0.15) is 18.9 Å². The molecule has 0 aliphatic heterocycles. The summed E-state index contributed by atoms with van der Waals surface area (Å²) in [6.45, 7) is 14.1. The SMILES string of the molecule is CCCC[NH2+]CCOc1ccc(C(C)(C)C)cc1C. The Kier molecular flexibility index (Phi) is 6.36. The van der Waals surface area contributed by atoms with E-state index in [0.717, 1.165) is 18.9 Å². The average molecular weight is 264 g/mol. The van der Waals surface area contributed by atoms with E-state index in [9.17, 15) is 0 Å². The number of nitrogens with two attached hydrogens (primary N) is 1. The maximum absolute atomic E-state index is 5.85. The van der Waals surface area contributed by atoms with E-state index < -0.39 is 0 Å². The molecule has 0 amide bonds. The largest absolute Gasteiger partial charge is 0.487 e. The van der Waals surface area contributed by atoms with Gasteiger partial charge in [0.05, 0.1) is 6.54 Å². The van der Waals surface area contributed by atoms with Gasteiger partial charge in [0.15, 0.2) is 0 Å². The number of ether oxygens (including phenoxy) is 1. The molecular formula is C17H30NO+. The van der Waals surface area contributed by atoms with Crippen LogP contribution in [0.1, 0.15) is 51.7 Å². The van der Waals surface area contributed by atoms with Gasteiger partial charge < -0.3 is 10.1 Å². The first kappa shape index (κ1) is 16.0. The molecule has 0 bridgehead atoms. The molecule has 0 radical (unpaired) electrons.